The number of fused-ring (bicyclic) bond motifs is 1. The molecule has 0 unspecified atom stereocenters. The number of aromatic nitrogens is 1. The largest absolute Gasteiger partial charge is 0.494 e. The van der Waals surface area contributed by atoms with Crippen LogP contribution in [0.4, 0.5) is 24.5 Å². The highest BCUT2D eigenvalue weighted by atomic mass is 19.1. The van der Waals surface area contributed by atoms with E-state index in [4.69, 9.17) is 4.74 Å². The van der Waals surface area contributed by atoms with E-state index in [9.17, 15) is 18.4 Å². The Balaban J connectivity index is 2.24. The Hall–Kier alpha value is -3.27. The second-order valence-corrected chi connectivity index (χ2v) is 4.88. The molecule has 0 radical (unpaired) electrons. The summed E-state index contributed by atoms with van der Waals surface area (Å²) in [5.74, 6) is -2.80. The molecule has 0 saturated carbocycles. The van der Waals surface area contributed by atoms with Crippen LogP contribution in [0.2, 0.25) is 0 Å². The van der Waals surface area contributed by atoms with Gasteiger partial charge >= 0.3 is 0 Å². The summed E-state index contributed by atoms with van der Waals surface area (Å²) in [5, 5.41) is 12.2. The third kappa shape index (κ3) is 2.58. The number of para-hydroxylation sites is 1. The zero-order valence-corrected chi connectivity index (χ0v) is 12.4. The number of halogens is 3. The third-order valence-electron chi connectivity index (χ3n) is 3.46. The molecule has 24 heavy (non-hydrogen) atoms. The minimum Gasteiger partial charge on any atom is -0.494 e. The molecule has 1 heterocycles. The fourth-order valence-corrected chi connectivity index (χ4v) is 2.37. The van der Waals surface area contributed by atoms with Crippen LogP contribution in [0.5, 0.6) is 5.75 Å². The molecular weight excluding hydrogens is 319 g/mol. The van der Waals surface area contributed by atoms with Crippen LogP contribution < -0.4 is 10.1 Å². The van der Waals surface area contributed by atoms with E-state index in [1.807, 2.05) is 6.07 Å². The molecule has 0 aliphatic rings. The SMILES string of the molecule is COc1cccc2c(Nc3c(F)cc(F)cc3F)c(C#N)cnc12. The normalized spacial score (nSPS) is 10.5. The van der Waals surface area contributed by atoms with E-state index in [-0.39, 0.29) is 11.3 Å². The number of methoxy groups -OCH3 is 1. The van der Waals surface area contributed by atoms with E-state index in [2.05, 4.69) is 10.3 Å². The summed E-state index contributed by atoms with van der Waals surface area (Å²) in [5.41, 5.74) is 0.109. The van der Waals surface area contributed by atoms with Gasteiger partial charge in [-0.15, -0.1) is 0 Å². The molecule has 1 aromatic heterocycles. The second kappa shape index (κ2) is 6.08. The minimum atomic E-state index is -1.11. The van der Waals surface area contributed by atoms with Gasteiger partial charge in [0.25, 0.3) is 0 Å². The number of benzene rings is 2. The molecule has 2 aromatic carbocycles. The second-order valence-electron chi connectivity index (χ2n) is 4.88. The lowest BCUT2D eigenvalue weighted by Crippen LogP contribution is -2.02. The summed E-state index contributed by atoms with van der Waals surface area (Å²) < 4.78 is 46.1. The molecule has 3 rings (SSSR count). The molecule has 0 amide bonds. The molecule has 0 bridgehead atoms. The van der Waals surface area contributed by atoms with Crippen molar-refractivity contribution in [1.29, 1.82) is 5.26 Å². The molecule has 0 saturated heterocycles. The van der Waals surface area contributed by atoms with Gasteiger partial charge < -0.3 is 10.1 Å². The van der Waals surface area contributed by atoms with Crippen LogP contribution in [0, 0.1) is 28.8 Å². The highest BCUT2D eigenvalue weighted by Crippen LogP contribution is 2.34. The predicted octanol–water partition coefficient (Wildman–Crippen LogP) is 4.28. The highest BCUT2D eigenvalue weighted by molar-refractivity contribution is 5.98. The zero-order valence-electron chi connectivity index (χ0n) is 12.4. The van der Waals surface area contributed by atoms with Crippen molar-refractivity contribution in [3.8, 4) is 11.8 Å². The van der Waals surface area contributed by atoms with Crippen molar-refractivity contribution in [1.82, 2.24) is 4.98 Å². The summed E-state index contributed by atoms with van der Waals surface area (Å²) in [7, 11) is 1.46. The Bertz CT molecular complexity index is 960. The Labute approximate surface area is 135 Å². The first-order chi connectivity index (χ1) is 11.5. The highest BCUT2D eigenvalue weighted by Gasteiger charge is 2.17. The van der Waals surface area contributed by atoms with Gasteiger partial charge in [0.05, 0.1) is 18.4 Å². The van der Waals surface area contributed by atoms with Crippen LogP contribution >= 0.6 is 0 Å². The standard InChI is InChI=1S/C17H10F3N3O/c1-24-14-4-2-3-11-15(9(7-21)8-22-16(11)14)23-17-12(19)5-10(18)6-13(17)20/h2-6,8H,1H3,(H,22,23). The summed E-state index contributed by atoms with van der Waals surface area (Å²) >= 11 is 0. The number of nitrogens with one attached hydrogen (secondary N) is 1. The van der Waals surface area contributed by atoms with Crippen molar-refractivity contribution >= 4 is 22.3 Å². The Morgan fingerprint density at radius 1 is 1.12 bits per heavy atom. The van der Waals surface area contributed by atoms with Gasteiger partial charge in [0.2, 0.25) is 0 Å². The van der Waals surface area contributed by atoms with Gasteiger partial charge in [-0.3, -0.25) is 4.98 Å². The van der Waals surface area contributed by atoms with Crippen molar-refractivity contribution in [3.05, 3.63) is 59.5 Å². The zero-order chi connectivity index (χ0) is 17.3. The molecule has 0 aliphatic carbocycles. The third-order valence-corrected chi connectivity index (χ3v) is 3.46. The first kappa shape index (κ1) is 15.6. The van der Waals surface area contributed by atoms with Gasteiger partial charge in [-0.1, -0.05) is 12.1 Å². The van der Waals surface area contributed by atoms with Crippen LogP contribution in [-0.2, 0) is 0 Å². The molecule has 7 heteroatoms. The number of ether oxygens (including phenoxy) is 1. The average molecular weight is 329 g/mol. The lowest BCUT2D eigenvalue weighted by Gasteiger charge is -2.14. The van der Waals surface area contributed by atoms with Crippen molar-refractivity contribution in [2.24, 2.45) is 0 Å². The van der Waals surface area contributed by atoms with Gasteiger partial charge in [-0.25, -0.2) is 13.2 Å². The van der Waals surface area contributed by atoms with E-state index >= 15 is 0 Å². The van der Waals surface area contributed by atoms with E-state index in [0.29, 0.717) is 28.8 Å². The fraction of sp³-hybridized carbons (Fsp3) is 0.0588. The van der Waals surface area contributed by atoms with Crippen molar-refractivity contribution in [3.63, 3.8) is 0 Å². The summed E-state index contributed by atoms with van der Waals surface area (Å²) in [6.07, 6.45) is 1.27. The number of nitrogens with zero attached hydrogens (tertiary/aromatic N) is 2. The Kier molecular flexibility index (Phi) is 3.96. The minimum absolute atomic E-state index is 0.0823. The number of rotatable bonds is 3. The lowest BCUT2D eigenvalue weighted by molar-refractivity contribution is 0.419. The van der Waals surface area contributed by atoms with E-state index in [1.54, 1.807) is 18.2 Å². The van der Waals surface area contributed by atoms with Crippen LogP contribution in [0.15, 0.2) is 36.5 Å². The summed E-state index contributed by atoms with van der Waals surface area (Å²) in [6.45, 7) is 0. The number of nitriles is 1. The van der Waals surface area contributed by atoms with Gasteiger partial charge in [0.15, 0.2) is 11.6 Å². The van der Waals surface area contributed by atoms with E-state index < -0.39 is 23.1 Å². The molecule has 3 aromatic rings. The lowest BCUT2D eigenvalue weighted by atomic mass is 10.1. The van der Waals surface area contributed by atoms with E-state index in [1.165, 1.54) is 13.3 Å². The van der Waals surface area contributed by atoms with Gasteiger partial charge in [-0.05, 0) is 6.07 Å². The van der Waals surface area contributed by atoms with E-state index in [0.717, 1.165) is 0 Å². The van der Waals surface area contributed by atoms with Gasteiger partial charge in [-0.2, -0.15) is 5.26 Å². The van der Waals surface area contributed by atoms with Crippen LogP contribution in [-0.4, -0.2) is 12.1 Å². The number of pyridine rings is 1. The molecule has 0 atom stereocenters. The molecule has 0 spiro atoms. The fourth-order valence-electron chi connectivity index (χ4n) is 2.37. The molecule has 0 fully saturated rings. The summed E-state index contributed by atoms with van der Waals surface area (Å²) in [4.78, 5) is 4.15. The quantitative estimate of drug-likeness (QED) is 0.779. The molecule has 4 nitrogen and oxygen atoms in total. The molecule has 120 valence electrons. The maximum atomic E-state index is 13.9. The molecular formula is C17H10F3N3O. The molecule has 0 aliphatic heterocycles. The molecule has 1 N–H and O–H groups in total. The Morgan fingerprint density at radius 3 is 2.46 bits per heavy atom. The van der Waals surface area contributed by atoms with Crippen molar-refractivity contribution in [2.75, 3.05) is 12.4 Å². The number of hydrogen-bond donors (Lipinski definition) is 1. The maximum absolute atomic E-state index is 13.9. The van der Waals surface area contributed by atoms with Crippen LogP contribution in [0.1, 0.15) is 5.56 Å². The van der Waals surface area contributed by atoms with Crippen molar-refractivity contribution in [2.45, 2.75) is 0 Å². The van der Waals surface area contributed by atoms with Gasteiger partial charge in [0.1, 0.15) is 28.8 Å². The van der Waals surface area contributed by atoms with Crippen molar-refractivity contribution < 1.29 is 17.9 Å². The summed E-state index contributed by atoms with van der Waals surface area (Å²) in [6, 6.07) is 7.99. The first-order valence-electron chi connectivity index (χ1n) is 6.82. The Morgan fingerprint density at radius 2 is 1.83 bits per heavy atom. The number of anilines is 2. The smallest absolute Gasteiger partial charge is 0.152 e. The monoisotopic (exact) mass is 329 g/mol. The average Bonchev–Trinajstić information content (AvgIpc) is 2.57. The van der Waals surface area contributed by atoms with Crippen LogP contribution in [0.25, 0.3) is 10.9 Å². The number of hydrogen-bond acceptors (Lipinski definition) is 4. The van der Waals surface area contributed by atoms with Gasteiger partial charge in [0, 0.05) is 23.7 Å². The first-order valence-corrected chi connectivity index (χ1v) is 6.82. The maximum Gasteiger partial charge on any atom is 0.152 e. The predicted molar refractivity (Wildman–Crippen MR) is 82.6 cm³/mol. The van der Waals surface area contributed by atoms with Crippen LogP contribution in [0.3, 0.4) is 0 Å². The topological polar surface area (TPSA) is 57.9 Å².